The molecule has 3 aromatic carbocycles. The molecule has 0 unspecified atom stereocenters. The fraction of sp³-hybridized carbons (Fsp3) is 0.310. The number of sulfonamides is 1. The highest BCUT2D eigenvalue weighted by Crippen LogP contribution is 2.23. The molecule has 3 aromatic rings. The van der Waals surface area contributed by atoms with Gasteiger partial charge in [-0.3, -0.25) is 13.9 Å². The SMILES string of the molecule is CCCNC(=O)[C@H](Cc1ccccc1)N(Cc1ccccc1F)C(=O)CN(c1ccc(OC)cc1)S(C)(=O)=O. The molecule has 0 aromatic heterocycles. The number of hydrogen-bond donors (Lipinski definition) is 1. The average molecular weight is 556 g/mol. The van der Waals surface area contributed by atoms with Crippen molar-refractivity contribution in [1.82, 2.24) is 10.2 Å². The number of nitrogens with zero attached hydrogens (tertiary/aromatic N) is 2. The van der Waals surface area contributed by atoms with Gasteiger partial charge in [0, 0.05) is 25.1 Å². The molecule has 1 atom stereocenters. The van der Waals surface area contributed by atoms with Crippen molar-refractivity contribution in [2.45, 2.75) is 32.4 Å². The van der Waals surface area contributed by atoms with Crippen LogP contribution >= 0.6 is 0 Å². The van der Waals surface area contributed by atoms with Crippen LogP contribution in [0.15, 0.2) is 78.9 Å². The van der Waals surface area contributed by atoms with Crippen molar-refractivity contribution < 1.29 is 27.1 Å². The van der Waals surface area contributed by atoms with Crippen LogP contribution in [0.4, 0.5) is 10.1 Å². The van der Waals surface area contributed by atoms with E-state index in [0.29, 0.717) is 18.7 Å². The molecule has 0 aliphatic carbocycles. The summed E-state index contributed by atoms with van der Waals surface area (Å²) in [7, 11) is -2.41. The minimum absolute atomic E-state index is 0.165. The summed E-state index contributed by atoms with van der Waals surface area (Å²) in [5, 5.41) is 2.84. The topological polar surface area (TPSA) is 96.0 Å². The minimum Gasteiger partial charge on any atom is -0.497 e. The van der Waals surface area contributed by atoms with Gasteiger partial charge in [0.2, 0.25) is 21.8 Å². The van der Waals surface area contributed by atoms with Gasteiger partial charge in [0.05, 0.1) is 19.1 Å². The van der Waals surface area contributed by atoms with Crippen LogP contribution in [-0.2, 0) is 32.6 Å². The molecule has 0 saturated carbocycles. The Bertz CT molecular complexity index is 1350. The predicted molar refractivity (Wildman–Crippen MR) is 149 cm³/mol. The van der Waals surface area contributed by atoms with Crippen LogP contribution in [0.5, 0.6) is 5.75 Å². The number of rotatable bonds is 13. The monoisotopic (exact) mass is 555 g/mol. The van der Waals surface area contributed by atoms with E-state index in [2.05, 4.69) is 5.32 Å². The van der Waals surface area contributed by atoms with E-state index in [0.717, 1.165) is 16.1 Å². The third-order valence-corrected chi connectivity index (χ3v) is 7.30. The molecule has 0 aliphatic heterocycles. The summed E-state index contributed by atoms with van der Waals surface area (Å²) in [6.45, 7) is 1.51. The zero-order chi connectivity index (χ0) is 28.4. The molecular formula is C29H34FN3O5S. The Morgan fingerprint density at radius 2 is 1.62 bits per heavy atom. The Kier molecular flexibility index (Phi) is 10.4. The lowest BCUT2D eigenvalue weighted by molar-refractivity contribution is -0.140. The summed E-state index contributed by atoms with van der Waals surface area (Å²) in [6.07, 6.45) is 1.85. The molecule has 8 nitrogen and oxygen atoms in total. The van der Waals surface area contributed by atoms with Crippen molar-refractivity contribution in [3.05, 3.63) is 95.8 Å². The maximum atomic E-state index is 14.7. The van der Waals surface area contributed by atoms with Crippen molar-refractivity contribution in [2.24, 2.45) is 0 Å². The average Bonchev–Trinajstić information content (AvgIpc) is 2.93. The number of carbonyl (C=O) groups is 2. The van der Waals surface area contributed by atoms with E-state index >= 15 is 0 Å². The zero-order valence-electron chi connectivity index (χ0n) is 22.3. The van der Waals surface area contributed by atoms with Gasteiger partial charge in [0.15, 0.2) is 0 Å². The maximum absolute atomic E-state index is 14.7. The lowest BCUT2D eigenvalue weighted by Gasteiger charge is -2.33. The van der Waals surface area contributed by atoms with Gasteiger partial charge < -0.3 is 15.0 Å². The lowest BCUT2D eigenvalue weighted by Crippen LogP contribution is -2.53. The van der Waals surface area contributed by atoms with Crippen molar-refractivity contribution in [3.63, 3.8) is 0 Å². The summed E-state index contributed by atoms with van der Waals surface area (Å²) in [5.74, 6) is -1.05. The van der Waals surface area contributed by atoms with Crippen molar-refractivity contribution in [2.75, 3.05) is 30.8 Å². The normalized spacial score (nSPS) is 11.9. The van der Waals surface area contributed by atoms with E-state index in [1.807, 2.05) is 37.3 Å². The third-order valence-electron chi connectivity index (χ3n) is 6.16. The molecule has 0 heterocycles. The van der Waals surface area contributed by atoms with Gasteiger partial charge in [0.1, 0.15) is 24.2 Å². The quantitative estimate of drug-likeness (QED) is 0.347. The van der Waals surface area contributed by atoms with Crippen molar-refractivity contribution in [1.29, 1.82) is 0 Å². The summed E-state index contributed by atoms with van der Waals surface area (Å²) < 4.78 is 46.4. The second-order valence-electron chi connectivity index (χ2n) is 9.08. The molecule has 39 heavy (non-hydrogen) atoms. The molecule has 10 heteroatoms. The van der Waals surface area contributed by atoms with Crippen LogP contribution in [0.3, 0.4) is 0 Å². The van der Waals surface area contributed by atoms with E-state index in [-0.39, 0.29) is 24.2 Å². The molecule has 1 N–H and O–H groups in total. The molecular weight excluding hydrogens is 521 g/mol. The van der Waals surface area contributed by atoms with Crippen LogP contribution < -0.4 is 14.4 Å². The van der Waals surface area contributed by atoms with Crippen LogP contribution in [-0.4, -0.2) is 57.6 Å². The van der Waals surface area contributed by atoms with Gasteiger partial charge >= 0.3 is 0 Å². The highest BCUT2D eigenvalue weighted by molar-refractivity contribution is 7.92. The minimum atomic E-state index is -3.90. The number of anilines is 1. The highest BCUT2D eigenvalue weighted by Gasteiger charge is 2.33. The first kappa shape index (κ1) is 29.6. The van der Waals surface area contributed by atoms with E-state index in [1.54, 1.807) is 18.2 Å². The lowest BCUT2D eigenvalue weighted by atomic mass is 10.0. The zero-order valence-corrected chi connectivity index (χ0v) is 23.2. The number of nitrogens with one attached hydrogen (secondary N) is 1. The summed E-state index contributed by atoms with van der Waals surface area (Å²) in [4.78, 5) is 28.6. The van der Waals surface area contributed by atoms with Crippen molar-refractivity contribution >= 4 is 27.5 Å². The smallest absolute Gasteiger partial charge is 0.244 e. The van der Waals surface area contributed by atoms with Gasteiger partial charge in [0.25, 0.3) is 0 Å². The van der Waals surface area contributed by atoms with Gasteiger partial charge in [-0.15, -0.1) is 0 Å². The fourth-order valence-corrected chi connectivity index (χ4v) is 4.94. The number of hydrogen-bond acceptors (Lipinski definition) is 5. The molecule has 0 saturated heterocycles. The Morgan fingerprint density at radius 1 is 0.974 bits per heavy atom. The van der Waals surface area contributed by atoms with E-state index in [4.69, 9.17) is 4.74 Å². The number of ether oxygens (including phenoxy) is 1. The number of amides is 2. The largest absolute Gasteiger partial charge is 0.497 e. The van der Waals surface area contributed by atoms with Crippen molar-refractivity contribution in [3.8, 4) is 5.75 Å². The van der Waals surface area contributed by atoms with Gasteiger partial charge in [-0.2, -0.15) is 0 Å². The molecule has 0 spiro atoms. The highest BCUT2D eigenvalue weighted by atomic mass is 32.2. The third kappa shape index (κ3) is 8.28. The fourth-order valence-electron chi connectivity index (χ4n) is 4.09. The number of methoxy groups -OCH3 is 1. The van der Waals surface area contributed by atoms with Gasteiger partial charge in [-0.1, -0.05) is 55.5 Å². The number of halogens is 1. The molecule has 0 fully saturated rings. The van der Waals surface area contributed by atoms with Gasteiger partial charge in [-0.05, 0) is 42.3 Å². The molecule has 3 rings (SSSR count). The van der Waals surface area contributed by atoms with Crippen LogP contribution in [0, 0.1) is 5.82 Å². The van der Waals surface area contributed by atoms with E-state index in [1.165, 1.54) is 42.3 Å². The first-order valence-corrected chi connectivity index (χ1v) is 14.4. The Morgan fingerprint density at radius 3 is 2.21 bits per heavy atom. The van der Waals surface area contributed by atoms with Crippen LogP contribution in [0.2, 0.25) is 0 Å². The number of carbonyl (C=O) groups excluding carboxylic acids is 2. The molecule has 0 radical (unpaired) electrons. The Labute approximate surface area is 229 Å². The maximum Gasteiger partial charge on any atom is 0.244 e. The van der Waals surface area contributed by atoms with E-state index in [9.17, 15) is 22.4 Å². The second-order valence-corrected chi connectivity index (χ2v) is 11.0. The Hall–Kier alpha value is -3.92. The summed E-state index contributed by atoms with van der Waals surface area (Å²) in [5.41, 5.74) is 1.27. The second kappa shape index (κ2) is 13.7. The first-order valence-electron chi connectivity index (χ1n) is 12.6. The molecule has 2 amide bonds. The standard InChI is InChI=1S/C29H34FN3O5S/c1-4-18-31-29(35)27(19-22-10-6-5-7-11-22)32(20-23-12-8-9-13-26(23)30)28(34)21-33(39(3,36)37)24-14-16-25(38-2)17-15-24/h5-17,27H,4,18-21H2,1-3H3,(H,31,35)/t27-/m0/s1. The molecule has 0 bridgehead atoms. The van der Waals surface area contributed by atoms with Gasteiger partial charge in [-0.25, -0.2) is 12.8 Å². The molecule has 0 aliphatic rings. The molecule has 208 valence electrons. The van der Waals surface area contributed by atoms with E-state index < -0.39 is 40.2 Å². The number of benzene rings is 3. The predicted octanol–water partition coefficient (Wildman–Crippen LogP) is 3.77. The summed E-state index contributed by atoms with van der Waals surface area (Å²) in [6, 6.07) is 20.4. The Balaban J connectivity index is 2.04. The first-order chi connectivity index (χ1) is 18.6. The van der Waals surface area contributed by atoms with Crippen LogP contribution in [0.1, 0.15) is 24.5 Å². The van der Waals surface area contributed by atoms with Crippen LogP contribution in [0.25, 0.3) is 0 Å². The summed E-state index contributed by atoms with van der Waals surface area (Å²) >= 11 is 0.